The first-order chi connectivity index (χ1) is 16.8. The predicted octanol–water partition coefficient (Wildman–Crippen LogP) is 5.96. The van der Waals surface area contributed by atoms with Crippen LogP contribution in [0, 0.1) is 5.82 Å². The lowest BCUT2D eigenvalue weighted by Gasteiger charge is -2.15. The van der Waals surface area contributed by atoms with Gasteiger partial charge in [-0.15, -0.1) is 0 Å². The van der Waals surface area contributed by atoms with E-state index >= 15 is 0 Å². The fourth-order valence-corrected chi connectivity index (χ4v) is 3.92. The first-order valence-electron chi connectivity index (χ1n) is 10.2. The molecule has 0 aliphatic rings. The molecule has 2 amide bonds. The van der Waals surface area contributed by atoms with E-state index in [-0.39, 0.29) is 12.3 Å². The smallest absolute Gasteiger partial charge is 0.329 e. The largest absolute Gasteiger partial charge is 0.490 e. The molecule has 3 rings (SSSR count). The van der Waals surface area contributed by atoms with Gasteiger partial charge in [0.1, 0.15) is 12.4 Å². The molecular formula is C24H19BrCl2FN3O4. The Labute approximate surface area is 219 Å². The number of rotatable bonds is 8. The Hall–Kier alpha value is -3.14. The van der Waals surface area contributed by atoms with Gasteiger partial charge in [-0.1, -0.05) is 41.4 Å². The molecule has 3 aromatic rings. The van der Waals surface area contributed by atoms with Crippen LogP contribution in [0.15, 0.2) is 64.2 Å². The maximum absolute atomic E-state index is 13.6. The summed E-state index contributed by atoms with van der Waals surface area (Å²) in [5.41, 5.74) is 3.15. The monoisotopic (exact) mass is 581 g/mol. The number of hydrogen-bond acceptors (Lipinski definition) is 5. The van der Waals surface area contributed by atoms with Crippen LogP contribution in [-0.4, -0.2) is 24.6 Å². The van der Waals surface area contributed by atoms with Gasteiger partial charge >= 0.3 is 11.8 Å². The Morgan fingerprint density at radius 1 is 1.06 bits per heavy atom. The second kappa shape index (κ2) is 12.5. The summed E-state index contributed by atoms with van der Waals surface area (Å²) in [5.74, 6) is -1.96. The molecule has 0 saturated carbocycles. The van der Waals surface area contributed by atoms with E-state index in [1.165, 1.54) is 24.4 Å². The van der Waals surface area contributed by atoms with Crippen molar-refractivity contribution in [1.29, 1.82) is 0 Å². The maximum atomic E-state index is 13.6. The molecule has 0 aliphatic carbocycles. The van der Waals surface area contributed by atoms with Gasteiger partial charge in [0, 0.05) is 15.6 Å². The number of ether oxygens (including phenoxy) is 2. The molecule has 0 spiro atoms. The van der Waals surface area contributed by atoms with Gasteiger partial charge in [-0.2, -0.15) is 5.10 Å². The Kier molecular flexibility index (Phi) is 9.47. The number of benzene rings is 3. The van der Waals surface area contributed by atoms with Crippen molar-refractivity contribution in [1.82, 2.24) is 5.43 Å². The molecule has 11 heteroatoms. The first-order valence-corrected chi connectivity index (χ1v) is 11.8. The summed E-state index contributed by atoms with van der Waals surface area (Å²) >= 11 is 15.9. The van der Waals surface area contributed by atoms with E-state index in [1.807, 2.05) is 6.92 Å². The van der Waals surface area contributed by atoms with Crippen molar-refractivity contribution in [3.63, 3.8) is 0 Å². The predicted molar refractivity (Wildman–Crippen MR) is 137 cm³/mol. The van der Waals surface area contributed by atoms with Crippen molar-refractivity contribution in [2.75, 3.05) is 11.9 Å². The summed E-state index contributed by atoms with van der Waals surface area (Å²) in [6.07, 6.45) is 1.32. The SMILES string of the molecule is CCOc1cc(C=NNC(=O)C(=O)Nc2ccccc2F)cc(Br)c1OCc1c(Cl)cccc1Cl. The fourth-order valence-electron chi connectivity index (χ4n) is 2.84. The van der Waals surface area contributed by atoms with Crippen LogP contribution in [-0.2, 0) is 16.2 Å². The average Bonchev–Trinajstić information content (AvgIpc) is 2.81. The zero-order valence-electron chi connectivity index (χ0n) is 18.3. The van der Waals surface area contributed by atoms with Crippen molar-refractivity contribution in [3.05, 3.63) is 86.1 Å². The van der Waals surface area contributed by atoms with Gasteiger partial charge in [-0.05, 0) is 64.8 Å². The molecule has 0 bridgehead atoms. The molecule has 0 heterocycles. The summed E-state index contributed by atoms with van der Waals surface area (Å²) in [5, 5.41) is 6.91. The van der Waals surface area contributed by atoms with Crippen molar-refractivity contribution >= 4 is 62.8 Å². The molecule has 0 radical (unpaired) electrons. The molecular weight excluding hydrogens is 564 g/mol. The molecule has 2 N–H and O–H groups in total. The number of hydrogen-bond donors (Lipinski definition) is 2. The summed E-state index contributed by atoms with van der Waals surface area (Å²) in [6.45, 7) is 2.29. The van der Waals surface area contributed by atoms with E-state index in [0.29, 0.717) is 43.8 Å². The summed E-state index contributed by atoms with van der Waals surface area (Å²) in [7, 11) is 0. The molecule has 0 aliphatic heterocycles. The second-order valence-electron chi connectivity index (χ2n) is 6.88. The summed E-state index contributed by atoms with van der Waals surface area (Å²) < 4.78 is 25.8. The molecule has 0 unspecified atom stereocenters. The summed E-state index contributed by atoms with van der Waals surface area (Å²) in [6, 6.07) is 14.0. The van der Waals surface area contributed by atoms with Crippen molar-refractivity contribution in [2.45, 2.75) is 13.5 Å². The molecule has 0 saturated heterocycles. The minimum absolute atomic E-state index is 0.109. The number of nitrogens with one attached hydrogen (secondary N) is 2. The Bertz CT molecular complexity index is 1250. The van der Waals surface area contributed by atoms with Gasteiger partial charge < -0.3 is 14.8 Å². The molecule has 35 heavy (non-hydrogen) atoms. The lowest BCUT2D eigenvalue weighted by Crippen LogP contribution is -2.32. The number of amides is 2. The van der Waals surface area contributed by atoms with Crippen molar-refractivity contribution in [3.8, 4) is 11.5 Å². The van der Waals surface area contributed by atoms with Crippen LogP contribution in [0.4, 0.5) is 10.1 Å². The van der Waals surface area contributed by atoms with Crippen LogP contribution in [0.1, 0.15) is 18.1 Å². The second-order valence-corrected chi connectivity index (χ2v) is 8.55. The fraction of sp³-hybridized carbons (Fsp3) is 0.125. The topological polar surface area (TPSA) is 89.0 Å². The van der Waals surface area contributed by atoms with Crippen LogP contribution in [0.5, 0.6) is 11.5 Å². The van der Waals surface area contributed by atoms with Crippen molar-refractivity contribution in [2.24, 2.45) is 5.10 Å². The van der Waals surface area contributed by atoms with Gasteiger partial charge in [0.25, 0.3) is 0 Å². The number of para-hydroxylation sites is 1. The zero-order chi connectivity index (χ0) is 25.4. The van der Waals surface area contributed by atoms with Gasteiger partial charge in [0.2, 0.25) is 0 Å². The Morgan fingerprint density at radius 3 is 2.46 bits per heavy atom. The highest BCUT2D eigenvalue weighted by molar-refractivity contribution is 9.10. The number of halogens is 4. The Morgan fingerprint density at radius 2 is 1.77 bits per heavy atom. The third-order valence-corrected chi connectivity index (χ3v) is 5.76. The highest BCUT2D eigenvalue weighted by atomic mass is 79.9. The molecule has 182 valence electrons. The van der Waals surface area contributed by atoms with Crippen LogP contribution in [0.3, 0.4) is 0 Å². The van der Waals surface area contributed by atoms with Crippen LogP contribution >= 0.6 is 39.1 Å². The first kappa shape index (κ1) is 26.5. The highest BCUT2D eigenvalue weighted by Crippen LogP contribution is 2.38. The normalized spacial score (nSPS) is 10.8. The highest BCUT2D eigenvalue weighted by Gasteiger charge is 2.16. The number of anilines is 1. The molecule has 0 aromatic heterocycles. The molecule has 0 fully saturated rings. The molecule has 0 atom stereocenters. The average molecular weight is 583 g/mol. The van der Waals surface area contributed by atoms with E-state index in [2.05, 4.69) is 31.8 Å². The minimum atomic E-state index is -1.06. The van der Waals surface area contributed by atoms with E-state index in [4.69, 9.17) is 32.7 Å². The van der Waals surface area contributed by atoms with E-state index < -0.39 is 17.6 Å². The van der Waals surface area contributed by atoms with E-state index in [1.54, 1.807) is 30.3 Å². The third-order valence-electron chi connectivity index (χ3n) is 4.46. The van der Waals surface area contributed by atoms with Crippen LogP contribution < -0.4 is 20.2 Å². The van der Waals surface area contributed by atoms with E-state index in [0.717, 1.165) is 6.07 Å². The number of carbonyl (C=O) groups excluding carboxylic acids is 2. The molecule has 3 aromatic carbocycles. The lowest BCUT2D eigenvalue weighted by molar-refractivity contribution is -0.136. The van der Waals surface area contributed by atoms with Gasteiger partial charge in [0.15, 0.2) is 11.5 Å². The standard InChI is InChI=1S/C24H19BrCl2FN3O4/c1-2-34-21-11-14(10-16(25)22(21)35-13-15-17(26)6-5-7-18(15)27)12-29-31-24(33)23(32)30-20-9-4-3-8-19(20)28/h3-12H,2,13H2,1H3,(H,30,32)(H,31,33). The van der Waals surface area contributed by atoms with Gasteiger partial charge in [0.05, 0.1) is 23.0 Å². The van der Waals surface area contributed by atoms with Crippen LogP contribution in [0.25, 0.3) is 0 Å². The number of hydrazone groups is 1. The Balaban J connectivity index is 1.69. The van der Waals surface area contributed by atoms with Crippen LogP contribution in [0.2, 0.25) is 10.0 Å². The maximum Gasteiger partial charge on any atom is 0.329 e. The van der Waals surface area contributed by atoms with Crippen molar-refractivity contribution < 1.29 is 23.5 Å². The lowest BCUT2D eigenvalue weighted by atomic mass is 10.2. The number of carbonyl (C=O) groups is 2. The quantitative estimate of drug-likeness (QED) is 0.195. The number of nitrogens with zero attached hydrogens (tertiary/aromatic N) is 1. The molecule has 7 nitrogen and oxygen atoms in total. The van der Waals surface area contributed by atoms with E-state index in [9.17, 15) is 14.0 Å². The van der Waals surface area contributed by atoms with Gasteiger partial charge in [-0.25, -0.2) is 9.82 Å². The van der Waals surface area contributed by atoms with Gasteiger partial charge in [-0.3, -0.25) is 9.59 Å². The zero-order valence-corrected chi connectivity index (χ0v) is 21.4. The minimum Gasteiger partial charge on any atom is -0.490 e. The third kappa shape index (κ3) is 7.17. The summed E-state index contributed by atoms with van der Waals surface area (Å²) in [4.78, 5) is 23.9.